The molecule has 136 valence electrons. The molecule has 2 aliphatic carbocycles. The second-order valence-corrected chi connectivity index (χ2v) is 9.14. The van der Waals surface area contributed by atoms with Crippen molar-refractivity contribution in [2.45, 2.75) is 83.7 Å². The average molecular weight is 360 g/mol. The van der Waals surface area contributed by atoms with Gasteiger partial charge in [0.2, 0.25) is 0 Å². The number of aryl methyl sites for hydroxylation is 1. The van der Waals surface area contributed by atoms with Crippen LogP contribution in [0.25, 0.3) is 10.2 Å². The standard InChI is InChI=1S/C20H29N3OS/c1-12-9-10-15-16(11-12)25-20-17(15)19(24)22-18(23-20)13(2)21-14-7-5-3-4-6-8-14/h12-14,21H,3-11H2,1-2H3,(H,22,23,24)/t12-,13+/m0/s1. The molecule has 0 aromatic carbocycles. The van der Waals surface area contributed by atoms with Crippen LogP contribution >= 0.6 is 11.3 Å². The minimum Gasteiger partial charge on any atom is -0.309 e. The molecule has 0 aliphatic heterocycles. The first kappa shape index (κ1) is 17.2. The van der Waals surface area contributed by atoms with Crippen molar-refractivity contribution in [1.82, 2.24) is 15.3 Å². The van der Waals surface area contributed by atoms with Crippen molar-refractivity contribution >= 4 is 21.6 Å². The molecule has 1 fully saturated rings. The Morgan fingerprint density at radius 2 is 1.96 bits per heavy atom. The number of fused-ring (bicyclic) bond motifs is 3. The van der Waals surface area contributed by atoms with E-state index in [-0.39, 0.29) is 11.6 Å². The third kappa shape index (κ3) is 3.54. The number of nitrogens with one attached hydrogen (secondary N) is 2. The Labute approximate surface area is 153 Å². The summed E-state index contributed by atoms with van der Waals surface area (Å²) in [5.41, 5.74) is 1.32. The predicted molar refractivity (Wildman–Crippen MR) is 104 cm³/mol. The molecule has 5 heteroatoms. The third-order valence-corrected chi connectivity index (χ3v) is 7.08. The number of hydrogen-bond acceptors (Lipinski definition) is 4. The summed E-state index contributed by atoms with van der Waals surface area (Å²) in [6.07, 6.45) is 11.1. The van der Waals surface area contributed by atoms with E-state index in [1.54, 1.807) is 11.3 Å². The number of aromatic amines is 1. The van der Waals surface area contributed by atoms with E-state index in [1.165, 1.54) is 55.4 Å². The summed E-state index contributed by atoms with van der Waals surface area (Å²) in [5, 5.41) is 4.57. The summed E-state index contributed by atoms with van der Waals surface area (Å²) in [4.78, 5) is 23.0. The van der Waals surface area contributed by atoms with E-state index >= 15 is 0 Å². The molecule has 2 aliphatic rings. The molecule has 2 aromatic rings. The quantitative estimate of drug-likeness (QED) is 0.794. The van der Waals surface area contributed by atoms with Crippen LogP contribution in [0.2, 0.25) is 0 Å². The van der Waals surface area contributed by atoms with Crippen molar-refractivity contribution in [3.05, 3.63) is 26.6 Å². The number of rotatable bonds is 3. The van der Waals surface area contributed by atoms with E-state index in [9.17, 15) is 4.79 Å². The van der Waals surface area contributed by atoms with Gasteiger partial charge in [-0.25, -0.2) is 4.98 Å². The highest BCUT2D eigenvalue weighted by atomic mass is 32.1. The van der Waals surface area contributed by atoms with Gasteiger partial charge in [-0.1, -0.05) is 32.6 Å². The number of thiophene rings is 1. The van der Waals surface area contributed by atoms with Gasteiger partial charge >= 0.3 is 0 Å². The van der Waals surface area contributed by atoms with Gasteiger partial charge < -0.3 is 10.3 Å². The van der Waals surface area contributed by atoms with Gasteiger partial charge in [0, 0.05) is 10.9 Å². The number of H-pyrrole nitrogens is 1. The Balaban J connectivity index is 1.61. The van der Waals surface area contributed by atoms with Crippen LogP contribution in [0.15, 0.2) is 4.79 Å². The van der Waals surface area contributed by atoms with Crippen molar-refractivity contribution in [2.24, 2.45) is 5.92 Å². The largest absolute Gasteiger partial charge is 0.309 e. The summed E-state index contributed by atoms with van der Waals surface area (Å²) < 4.78 is 0. The molecule has 2 atom stereocenters. The fourth-order valence-corrected chi connectivity index (χ4v) is 5.84. The van der Waals surface area contributed by atoms with Crippen molar-refractivity contribution in [2.75, 3.05) is 0 Å². The molecule has 2 heterocycles. The van der Waals surface area contributed by atoms with Gasteiger partial charge in [0.15, 0.2) is 0 Å². The topological polar surface area (TPSA) is 57.8 Å². The molecule has 0 spiro atoms. The first-order chi connectivity index (χ1) is 12.1. The summed E-state index contributed by atoms with van der Waals surface area (Å²) in [6.45, 7) is 4.43. The molecule has 0 radical (unpaired) electrons. The van der Waals surface area contributed by atoms with E-state index in [1.807, 2.05) is 0 Å². The lowest BCUT2D eigenvalue weighted by atomic mass is 9.89. The SMILES string of the molecule is C[C@H]1CCc2c(sc3nc([C@@H](C)NC4CCCCCC4)[nH]c(=O)c23)C1. The zero-order chi connectivity index (χ0) is 17.4. The molecule has 2 N–H and O–H groups in total. The van der Waals surface area contributed by atoms with Gasteiger partial charge in [0.05, 0.1) is 11.4 Å². The van der Waals surface area contributed by atoms with Crippen LogP contribution in [0, 0.1) is 5.92 Å². The maximum absolute atomic E-state index is 12.7. The Bertz CT molecular complexity index is 801. The molecular weight excluding hydrogens is 330 g/mol. The van der Waals surface area contributed by atoms with Gasteiger partial charge in [0.1, 0.15) is 10.7 Å². The van der Waals surface area contributed by atoms with Gasteiger partial charge in [-0.15, -0.1) is 11.3 Å². The monoisotopic (exact) mass is 359 g/mol. The van der Waals surface area contributed by atoms with Crippen LogP contribution in [0.3, 0.4) is 0 Å². The molecule has 0 saturated heterocycles. The van der Waals surface area contributed by atoms with Crippen molar-refractivity contribution in [1.29, 1.82) is 0 Å². The summed E-state index contributed by atoms with van der Waals surface area (Å²) in [6, 6.07) is 0.647. The lowest BCUT2D eigenvalue weighted by Crippen LogP contribution is -2.33. The lowest BCUT2D eigenvalue weighted by molar-refractivity contribution is 0.404. The normalized spacial score (nSPS) is 23.4. The molecular formula is C20H29N3OS. The summed E-state index contributed by atoms with van der Waals surface area (Å²) in [5.74, 6) is 1.52. The van der Waals surface area contributed by atoms with Crippen molar-refractivity contribution in [3.63, 3.8) is 0 Å². The van der Waals surface area contributed by atoms with Crippen molar-refractivity contribution in [3.8, 4) is 0 Å². The summed E-state index contributed by atoms with van der Waals surface area (Å²) in [7, 11) is 0. The smallest absolute Gasteiger partial charge is 0.259 e. The third-order valence-electron chi connectivity index (χ3n) is 5.93. The van der Waals surface area contributed by atoms with Crippen LogP contribution in [0.5, 0.6) is 0 Å². The molecule has 1 saturated carbocycles. The summed E-state index contributed by atoms with van der Waals surface area (Å²) >= 11 is 1.74. The molecule has 0 amide bonds. The number of hydrogen-bond donors (Lipinski definition) is 2. The average Bonchev–Trinajstić information content (AvgIpc) is 2.75. The molecule has 25 heavy (non-hydrogen) atoms. The molecule has 4 rings (SSSR count). The zero-order valence-electron chi connectivity index (χ0n) is 15.4. The van der Waals surface area contributed by atoms with Crippen LogP contribution in [0.4, 0.5) is 0 Å². The minimum atomic E-state index is 0.0570. The number of aromatic nitrogens is 2. The van der Waals surface area contributed by atoms with Crippen LogP contribution < -0.4 is 10.9 Å². The fraction of sp³-hybridized carbons (Fsp3) is 0.700. The Hall–Kier alpha value is -1.20. The first-order valence-corrected chi connectivity index (χ1v) is 10.7. The molecule has 4 nitrogen and oxygen atoms in total. The Kier molecular flexibility index (Phi) is 4.96. The predicted octanol–water partition coefficient (Wildman–Crippen LogP) is 4.48. The van der Waals surface area contributed by atoms with E-state index in [2.05, 4.69) is 24.1 Å². The van der Waals surface area contributed by atoms with Crippen LogP contribution in [-0.2, 0) is 12.8 Å². The molecule has 0 unspecified atom stereocenters. The second kappa shape index (κ2) is 7.20. The Morgan fingerprint density at radius 3 is 2.72 bits per heavy atom. The zero-order valence-corrected chi connectivity index (χ0v) is 16.2. The minimum absolute atomic E-state index is 0.0570. The van der Waals surface area contributed by atoms with Crippen molar-refractivity contribution < 1.29 is 0 Å². The highest BCUT2D eigenvalue weighted by Crippen LogP contribution is 2.35. The van der Waals surface area contributed by atoms with Gasteiger partial charge in [-0.05, 0) is 50.5 Å². The van der Waals surface area contributed by atoms with E-state index in [4.69, 9.17) is 4.98 Å². The lowest BCUT2D eigenvalue weighted by Gasteiger charge is -2.21. The molecule has 0 bridgehead atoms. The van der Waals surface area contributed by atoms with E-state index < -0.39 is 0 Å². The van der Waals surface area contributed by atoms with Gasteiger partial charge in [-0.3, -0.25) is 4.79 Å². The van der Waals surface area contributed by atoms with Gasteiger partial charge in [-0.2, -0.15) is 0 Å². The Morgan fingerprint density at radius 1 is 1.20 bits per heavy atom. The maximum atomic E-state index is 12.7. The van der Waals surface area contributed by atoms with E-state index in [0.29, 0.717) is 6.04 Å². The van der Waals surface area contributed by atoms with E-state index in [0.717, 1.165) is 34.8 Å². The van der Waals surface area contributed by atoms with Gasteiger partial charge in [0.25, 0.3) is 5.56 Å². The fourth-order valence-electron chi connectivity index (χ4n) is 4.45. The first-order valence-electron chi connectivity index (χ1n) is 9.92. The highest BCUT2D eigenvalue weighted by Gasteiger charge is 2.24. The maximum Gasteiger partial charge on any atom is 0.259 e. The van der Waals surface area contributed by atoms with Crippen LogP contribution in [-0.4, -0.2) is 16.0 Å². The molecule has 2 aromatic heterocycles. The number of nitrogens with zero attached hydrogens (tertiary/aromatic N) is 1. The highest BCUT2D eigenvalue weighted by molar-refractivity contribution is 7.18. The van der Waals surface area contributed by atoms with Crippen LogP contribution in [0.1, 0.15) is 81.1 Å². The second-order valence-electron chi connectivity index (χ2n) is 8.06.